The number of aromatic nitrogens is 1. The lowest BCUT2D eigenvalue weighted by molar-refractivity contribution is -0.144. The Balaban J connectivity index is 2.00. The highest BCUT2D eigenvalue weighted by Crippen LogP contribution is 2.19. The zero-order valence-corrected chi connectivity index (χ0v) is 10.8. The summed E-state index contributed by atoms with van der Waals surface area (Å²) in [4.78, 5) is 17.6. The highest BCUT2D eigenvalue weighted by Gasteiger charge is 2.23. The Labute approximate surface area is 107 Å². The first kappa shape index (κ1) is 12.8. The molecule has 0 saturated carbocycles. The highest BCUT2D eigenvalue weighted by atomic mass is 16.5. The predicted octanol–water partition coefficient (Wildman–Crippen LogP) is 1.16. The van der Waals surface area contributed by atoms with Gasteiger partial charge in [0.15, 0.2) is 0 Å². The maximum Gasteiger partial charge on any atom is 0.308 e. The van der Waals surface area contributed by atoms with E-state index >= 15 is 0 Å². The molecule has 18 heavy (non-hydrogen) atoms. The van der Waals surface area contributed by atoms with Crippen LogP contribution >= 0.6 is 0 Å². The van der Waals surface area contributed by atoms with Gasteiger partial charge in [-0.25, -0.2) is 0 Å². The van der Waals surface area contributed by atoms with Gasteiger partial charge in [0.1, 0.15) is 0 Å². The van der Waals surface area contributed by atoms with Gasteiger partial charge in [0.05, 0.1) is 26.2 Å². The summed E-state index contributed by atoms with van der Waals surface area (Å²) in [5.41, 5.74) is 2.11. The molecule has 0 aliphatic carbocycles. The molecule has 2 heterocycles. The molecule has 0 N–H and O–H groups in total. The van der Waals surface area contributed by atoms with E-state index in [1.807, 2.05) is 19.1 Å². The Kier molecular flexibility index (Phi) is 4.15. The number of hydrogen-bond acceptors (Lipinski definition) is 5. The van der Waals surface area contributed by atoms with Crippen LogP contribution < -0.4 is 4.90 Å². The molecule has 0 bridgehead atoms. The fourth-order valence-electron chi connectivity index (χ4n) is 2.07. The van der Waals surface area contributed by atoms with Gasteiger partial charge in [0, 0.05) is 30.7 Å². The smallest absolute Gasteiger partial charge is 0.308 e. The number of rotatable bonds is 3. The van der Waals surface area contributed by atoms with E-state index in [2.05, 4.69) is 14.6 Å². The van der Waals surface area contributed by atoms with Crippen molar-refractivity contribution in [1.82, 2.24) is 4.98 Å². The van der Waals surface area contributed by atoms with Gasteiger partial charge in [-0.1, -0.05) is 0 Å². The number of anilines is 1. The number of nitrogens with zero attached hydrogens (tertiary/aromatic N) is 2. The van der Waals surface area contributed by atoms with E-state index < -0.39 is 0 Å². The quantitative estimate of drug-likeness (QED) is 0.753. The minimum Gasteiger partial charge on any atom is -0.469 e. The standard InChI is InChI=1S/C13H18N2O3/c1-10-7-11(3-4-14-10)15-5-6-18-12(9-15)8-13(16)17-2/h3-4,7,12H,5-6,8-9H2,1-2H3. The summed E-state index contributed by atoms with van der Waals surface area (Å²) in [7, 11) is 1.40. The summed E-state index contributed by atoms with van der Waals surface area (Å²) >= 11 is 0. The second-order valence-electron chi connectivity index (χ2n) is 4.37. The number of esters is 1. The first-order valence-corrected chi connectivity index (χ1v) is 6.05. The molecule has 1 aliphatic heterocycles. The number of pyridine rings is 1. The number of aryl methyl sites for hydroxylation is 1. The van der Waals surface area contributed by atoms with E-state index in [0.29, 0.717) is 19.6 Å². The normalized spacial score (nSPS) is 19.7. The Bertz CT molecular complexity index is 422. The van der Waals surface area contributed by atoms with Crippen molar-refractivity contribution in [2.24, 2.45) is 0 Å². The summed E-state index contributed by atoms with van der Waals surface area (Å²) in [6, 6.07) is 4.02. The molecule has 5 heteroatoms. The summed E-state index contributed by atoms with van der Waals surface area (Å²) in [6.45, 7) is 4.14. The SMILES string of the molecule is COC(=O)CC1CN(c2ccnc(C)c2)CCO1. The van der Waals surface area contributed by atoms with Gasteiger partial charge < -0.3 is 14.4 Å². The number of methoxy groups -OCH3 is 1. The van der Waals surface area contributed by atoms with Crippen molar-refractivity contribution in [2.45, 2.75) is 19.4 Å². The molecule has 5 nitrogen and oxygen atoms in total. The molecular weight excluding hydrogens is 232 g/mol. The number of ether oxygens (including phenoxy) is 2. The summed E-state index contributed by atoms with van der Waals surface area (Å²) in [5.74, 6) is -0.229. The molecule has 1 atom stereocenters. The molecular formula is C13H18N2O3. The number of carbonyl (C=O) groups is 1. The third-order valence-corrected chi connectivity index (χ3v) is 3.01. The zero-order valence-electron chi connectivity index (χ0n) is 10.8. The average Bonchev–Trinajstić information content (AvgIpc) is 2.39. The fraction of sp³-hybridized carbons (Fsp3) is 0.538. The molecule has 0 spiro atoms. The fourth-order valence-corrected chi connectivity index (χ4v) is 2.07. The van der Waals surface area contributed by atoms with E-state index in [4.69, 9.17) is 4.74 Å². The average molecular weight is 250 g/mol. The van der Waals surface area contributed by atoms with Crippen LogP contribution in [0.2, 0.25) is 0 Å². The van der Waals surface area contributed by atoms with Crippen LogP contribution in [-0.2, 0) is 14.3 Å². The topological polar surface area (TPSA) is 51.7 Å². The molecule has 1 unspecified atom stereocenters. The molecule has 2 rings (SSSR count). The van der Waals surface area contributed by atoms with Gasteiger partial charge in [0.2, 0.25) is 0 Å². The largest absolute Gasteiger partial charge is 0.469 e. The van der Waals surface area contributed by atoms with E-state index in [1.165, 1.54) is 7.11 Å². The number of carbonyl (C=O) groups excluding carboxylic acids is 1. The van der Waals surface area contributed by atoms with Crippen LogP contribution in [-0.4, -0.2) is 43.9 Å². The van der Waals surface area contributed by atoms with Crippen LogP contribution in [0.1, 0.15) is 12.1 Å². The highest BCUT2D eigenvalue weighted by molar-refractivity contribution is 5.70. The van der Waals surface area contributed by atoms with Crippen molar-refractivity contribution >= 4 is 11.7 Å². The number of morpholine rings is 1. The summed E-state index contributed by atoms with van der Waals surface area (Å²) in [5, 5.41) is 0. The lowest BCUT2D eigenvalue weighted by Gasteiger charge is -2.34. The lowest BCUT2D eigenvalue weighted by atomic mass is 10.2. The van der Waals surface area contributed by atoms with Crippen LogP contribution in [0.5, 0.6) is 0 Å². The molecule has 0 radical (unpaired) electrons. The van der Waals surface area contributed by atoms with Gasteiger partial charge in [0.25, 0.3) is 0 Å². The Morgan fingerprint density at radius 1 is 1.67 bits per heavy atom. The first-order valence-electron chi connectivity index (χ1n) is 6.05. The molecule has 1 aromatic heterocycles. The minimum absolute atomic E-state index is 0.0975. The van der Waals surface area contributed by atoms with Crippen molar-refractivity contribution in [3.63, 3.8) is 0 Å². The predicted molar refractivity (Wildman–Crippen MR) is 67.6 cm³/mol. The van der Waals surface area contributed by atoms with E-state index in [1.54, 1.807) is 6.20 Å². The molecule has 1 saturated heterocycles. The minimum atomic E-state index is -0.229. The van der Waals surface area contributed by atoms with Crippen LogP contribution in [0.25, 0.3) is 0 Å². The van der Waals surface area contributed by atoms with E-state index in [-0.39, 0.29) is 12.1 Å². The van der Waals surface area contributed by atoms with Gasteiger partial charge in [-0.05, 0) is 19.1 Å². The van der Waals surface area contributed by atoms with Crippen molar-refractivity contribution < 1.29 is 14.3 Å². The summed E-state index contributed by atoms with van der Waals surface area (Å²) < 4.78 is 10.2. The molecule has 0 aromatic carbocycles. The van der Waals surface area contributed by atoms with Crippen molar-refractivity contribution in [3.05, 3.63) is 24.0 Å². The first-order chi connectivity index (χ1) is 8.69. The summed E-state index contributed by atoms with van der Waals surface area (Å²) in [6.07, 6.45) is 2.01. The van der Waals surface area contributed by atoms with Crippen molar-refractivity contribution in [3.8, 4) is 0 Å². The Morgan fingerprint density at radius 2 is 2.50 bits per heavy atom. The maximum absolute atomic E-state index is 11.2. The maximum atomic E-state index is 11.2. The molecule has 0 amide bonds. The Hall–Kier alpha value is -1.62. The van der Waals surface area contributed by atoms with Crippen LogP contribution in [0, 0.1) is 6.92 Å². The molecule has 1 aromatic rings. The van der Waals surface area contributed by atoms with Crippen molar-refractivity contribution in [2.75, 3.05) is 31.7 Å². The second-order valence-corrected chi connectivity index (χ2v) is 4.37. The van der Waals surface area contributed by atoms with Gasteiger partial charge >= 0.3 is 5.97 Å². The number of hydrogen-bond donors (Lipinski definition) is 0. The van der Waals surface area contributed by atoms with Gasteiger partial charge in [-0.3, -0.25) is 9.78 Å². The third kappa shape index (κ3) is 3.20. The molecule has 1 fully saturated rings. The van der Waals surface area contributed by atoms with E-state index in [9.17, 15) is 4.79 Å². The third-order valence-electron chi connectivity index (χ3n) is 3.01. The molecule has 1 aliphatic rings. The van der Waals surface area contributed by atoms with E-state index in [0.717, 1.165) is 17.9 Å². The lowest BCUT2D eigenvalue weighted by Crippen LogP contribution is -2.43. The van der Waals surface area contributed by atoms with Crippen LogP contribution in [0.15, 0.2) is 18.3 Å². The zero-order chi connectivity index (χ0) is 13.0. The van der Waals surface area contributed by atoms with Crippen LogP contribution in [0.4, 0.5) is 5.69 Å². The van der Waals surface area contributed by atoms with Gasteiger partial charge in [-0.2, -0.15) is 0 Å². The van der Waals surface area contributed by atoms with Crippen molar-refractivity contribution in [1.29, 1.82) is 0 Å². The van der Waals surface area contributed by atoms with Gasteiger partial charge in [-0.15, -0.1) is 0 Å². The Morgan fingerprint density at radius 3 is 3.22 bits per heavy atom. The molecule has 98 valence electrons. The van der Waals surface area contributed by atoms with Crippen LogP contribution in [0.3, 0.4) is 0 Å². The second kappa shape index (κ2) is 5.82. The monoisotopic (exact) mass is 250 g/mol.